The molecule has 1 aliphatic rings. The average Bonchev–Trinajstić information content (AvgIpc) is 3.29. The maximum absolute atomic E-state index is 12.4. The van der Waals surface area contributed by atoms with Crippen molar-refractivity contribution in [3.8, 4) is 0 Å². The molecule has 0 radical (unpaired) electrons. The van der Waals surface area contributed by atoms with Gasteiger partial charge in [0.2, 0.25) is 5.89 Å². The zero-order valence-electron chi connectivity index (χ0n) is 15.1. The molecular formula is C18H21N7O2. The lowest BCUT2D eigenvalue weighted by Gasteiger charge is -2.39. The number of rotatable bonds is 6. The Labute approximate surface area is 156 Å². The maximum Gasteiger partial charge on any atom is 0.315 e. The summed E-state index contributed by atoms with van der Waals surface area (Å²) < 4.78 is 6.83. The summed E-state index contributed by atoms with van der Waals surface area (Å²) in [4.78, 5) is 20.6. The highest BCUT2D eigenvalue weighted by Gasteiger charge is 2.44. The van der Waals surface area contributed by atoms with E-state index in [2.05, 4.69) is 30.9 Å². The van der Waals surface area contributed by atoms with Gasteiger partial charge in [-0.1, -0.05) is 29.4 Å². The average molecular weight is 367 g/mol. The first-order valence-electron chi connectivity index (χ1n) is 8.90. The van der Waals surface area contributed by atoms with Crippen LogP contribution >= 0.6 is 0 Å². The number of carbonyl (C=O) groups is 1. The summed E-state index contributed by atoms with van der Waals surface area (Å²) >= 11 is 0. The molecule has 1 fully saturated rings. The summed E-state index contributed by atoms with van der Waals surface area (Å²) in [6.07, 6.45) is 5.86. The molecule has 140 valence electrons. The van der Waals surface area contributed by atoms with Crippen molar-refractivity contribution in [2.24, 2.45) is 0 Å². The Morgan fingerprint density at radius 3 is 2.63 bits per heavy atom. The molecule has 0 saturated heterocycles. The van der Waals surface area contributed by atoms with Crippen molar-refractivity contribution >= 4 is 6.03 Å². The number of carbonyl (C=O) groups excluding carboxylic acids is 1. The molecule has 4 rings (SSSR count). The third kappa shape index (κ3) is 3.81. The third-order valence-electron chi connectivity index (χ3n) is 4.80. The second kappa shape index (κ2) is 7.18. The van der Waals surface area contributed by atoms with Crippen molar-refractivity contribution in [2.45, 2.75) is 44.8 Å². The van der Waals surface area contributed by atoms with Crippen LogP contribution in [-0.4, -0.2) is 30.9 Å². The Bertz CT molecular complexity index is 898. The highest BCUT2D eigenvalue weighted by Crippen LogP contribution is 2.39. The first-order valence-corrected chi connectivity index (χ1v) is 8.90. The highest BCUT2D eigenvalue weighted by molar-refractivity contribution is 5.75. The van der Waals surface area contributed by atoms with Crippen LogP contribution in [-0.2, 0) is 18.6 Å². The van der Waals surface area contributed by atoms with Crippen LogP contribution in [0.1, 0.15) is 42.1 Å². The van der Waals surface area contributed by atoms with E-state index in [1.165, 1.54) is 6.33 Å². The summed E-state index contributed by atoms with van der Waals surface area (Å²) in [6, 6.07) is 7.80. The zero-order chi connectivity index (χ0) is 18.7. The van der Waals surface area contributed by atoms with Crippen molar-refractivity contribution in [3.05, 3.63) is 59.8 Å². The van der Waals surface area contributed by atoms with Crippen LogP contribution in [0.15, 0.2) is 41.4 Å². The molecule has 1 saturated carbocycles. The lowest BCUT2D eigenvalue weighted by atomic mass is 9.76. The largest absolute Gasteiger partial charge is 0.340 e. The molecule has 2 N–H and O–H groups in total. The van der Waals surface area contributed by atoms with Gasteiger partial charge in [-0.25, -0.2) is 14.5 Å². The fourth-order valence-electron chi connectivity index (χ4n) is 3.14. The molecule has 0 aliphatic heterocycles. The molecule has 0 spiro atoms. The number of aryl methyl sites for hydroxylation is 1. The van der Waals surface area contributed by atoms with Gasteiger partial charge in [0.05, 0.1) is 6.54 Å². The third-order valence-corrected chi connectivity index (χ3v) is 4.80. The van der Waals surface area contributed by atoms with E-state index in [0.29, 0.717) is 24.8 Å². The lowest BCUT2D eigenvalue weighted by Crippen LogP contribution is -2.54. The normalized spacial score (nSPS) is 15.1. The molecule has 0 atom stereocenters. The molecule has 2 heterocycles. The highest BCUT2D eigenvalue weighted by atomic mass is 16.5. The van der Waals surface area contributed by atoms with E-state index in [0.717, 1.165) is 30.4 Å². The van der Waals surface area contributed by atoms with Crippen LogP contribution in [0.2, 0.25) is 0 Å². The molecule has 1 aliphatic carbocycles. The first-order chi connectivity index (χ1) is 13.1. The maximum atomic E-state index is 12.4. The fraction of sp³-hybridized carbons (Fsp3) is 0.389. The van der Waals surface area contributed by atoms with Gasteiger partial charge in [-0.2, -0.15) is 10.1 Å². The molecule has 9 nitrogen and oxygen atoms in total. The number of amides is 2. The smallest absolute Gasteiger partial charge is 0.315 e. The van der Waals surface area contributed by atoms with E-state index in [4.69, 9.17) is 4.52 Å². The summed E-state index contributed by atoms with van der Waals surface area (Å²) in [7, 11) is 0. The zero-order valence-corrected chi connectivity index (χ0v) is 15.1. The molecule has 9 heteroatoms. The molecule has 1 aromatic carbocycles. The van der Waals surface area contributed by atoms with E-state index in [9.17, 15) is 4.79 Å². The van der Waals surface area contributed by atoms with Gasteiger partial charge in [-0.05, 0) is 30.4 Å². The van der Waals surface area contributed by atoms with Crippen molar-refractivity contribution in [2.75, 3.05) is 0 Å². The van der Waals surface area contributed by atoms with Gasteiger partial charge >= 0.3 is 6.03 Å². The van der Waals surface area contributed by atoms with Gasteiger partial charge < -0.3 is 15.2 Å². The second-order valence-electron chi connectivity index (χ2n) is 6.79. The van der Waals surface area contributed by atoms with Crippen LogP contribution in [0.5, 0.6) is 0 Å². The number of hydrogen-bond acceptors (Lipinski definition) is 6. The predicted molar refractivity (Wildman–Crippen MR) is 95.5 cm³/mol. The van der Waals surface area contributed by atoms with Gasteiger partial charge in [0, 0.05) is 13.5 Å². The van der Waals surface area contributed by atoms with Crippen molar-refractivity contribution in [1.82, 2.24) is 35.5 Å². The second-order valence-corrected chi connectivity index (χ2v) is 6.79. The Morgan fingerprint density at radius 1 is 1.26 bits per heavy atom. The van der Waals surface area contributed by atoms with Gasteiger partial charge in [-0.15, -0.1) is 0 Å². The Balaban J connectivity index is 1.31. The van der Waals surface area contributed by atoms with Crippen molar-refractivity contribution < 1.29 is 9.32 Å². The summed E-state index contributed by atoms with van der Waals surface area (Å²) in [6.45, 7) is 2.85. The molecule has 0 unspecified atom stereocenters. The van der Waals surface area contributed by atoms with Crippen LogP contribution < -0.4 is 10.6 Å². The topological polar surface area (TPSA) is 111 Å². The number of benzene rings is 1. The van der Waals surface area contributed by atoms with Gasteiger partial charge in [0.15, 0.2) is 5.82 Å². The molecule has 2 aromatic heterocycles. The molecule has 3 aromatic rings. The fourth-order valence-corrected chi connectivity index (χ4v) is 3.14. The van der Waals surface area contributed by atoms with Crippen molar-refractivity contribution in [3.63, 3.8) is 0 Å². The number of hydrogen-bond donors (Lipinski definition) is 2. The monoisotopic (exact) mass is 367 g/mol. The SMILES string of the molecule is Cc1nc(C2(NC(=O)NCc3ccc(Cn4cncn4)cc3)CCC2)no1. The van der Waals surface area contributed by atoms with Gasteiger partial charge in [-0.3, -0.25) is 0 Å². The van der Waals surface area contributed by atoms with E-state index >= 15 is 0 Å². The molecule has 0 bridgehead atoms. The van der Waals surface area contributed by atoms with Gasteiger partial charge in [0.1, 0.15) is 18.2 Å². The van der Waals surface area contributed by atoms with E-state index in [-0.39, 0.29) is 6.03 Å². The first kappa shape index (κ1) is 17.2. The molecule has 27 heavy (non-hydrogen) atoms. The van der Waals surface area contributed by atoms with Crippen LogP contribution in [0, 0.1) is 6.92 Å². The Kier molecular flexibility index (Phi) is 4.57. The number of urea groups is 1. The summed E-state index contributed by atoms with van der Waals surface area (Å²) in [5.41, 5.74) is 1.63. The van der Waals surface area contributed by atoms with E-state index < -0.39 is 5.54 Å². The Hall–Kier alpha value is -3.23. The van der Waals surface area contributed by atoms with Crippen LogP contribution in [0.4, 0.5) is 4.79 Å². The number of aromatic nitrogens is 5. The minimum Gasteiger partial charge on any atom is -0.340 e. The Morgan fingerprint density at radius 2 is 2.04 bits per heavy atom. The lowest BCUT2D eigenvalue weighted by molar-refractivity contribution is 0.165. The van der Waals surface area contributed by atoms with Crippen molar-refractivity contribution in [1.29, 1.82) is 0 Å². The summed E-state index contributed by atoms with van der Waals surface area (Å²) in [5.74, 6) is 1.06. The summed E-state index contributed by atoms with van der Waals surface area (Å²) in [5, 5.41) is 14.0. The molecular weight excluding hydrogens is 346 g/mol. The number of nitrogens with zero attached hydrogens (tertiary/aromatic N) is 5. The minimum atomic E-state index is -0.510. The standard InChI is InChI=1S/C18H21N7O2/c1-13-22-16(24-27-13)18(7-2-8-18)23-17(26)20-9-14-3-5-15(6-4-14)10-25-12-19-11-21-25/h3-6,11-12H,2,7-10H2,1H3,(H2,20,23,26). The van der Waals surface area contributed by atoms with Crippen LogP contribution in [0.25, 0.3) is 0 Å². The van der Waals surface area contributed by atoms with E-state index in [1.807, 2.05) is 24.3 Å². The van der Waals surface area contributed by atoms with Crippen LogP contribution in [0.3, 0.4) is 0 Å². The van der Waals surface area contributed by atoms with Gasteiger partial charge in [0.25, 0.3) is 0 Å². The predicted octanol–water partition coefficient (Wildman–Crippen LogP) is 1.90. The van der Waals surface area contributed by atoms with E-state index in [1.54, 1.807) is 17.9 Å². The molecule has 2 amide bonds. The number of nitrogens with one attached hydrogen (secondary N) is 2. The minimum absolute atomic E-state index is 0.233. The quantitative estimate of drug-likeness (QED) is 0.688.